The topological polar surface area (TPSA) is 122 Å². The van der Waals surface area contributed by atoms with Crippen LogP contribution in [0.25, 0.3) is 0 Å². The second-order valence-corrected chi connectivity index (χ2v) is 6.19. The molecular weight excluding hydrogens is 359 g/mol. The zero-order valence-electron chi connectivity index (χ0n) is 15.1. The molecule has 2 atom stereocenters. The zero-order valence-corrected chi connectivity index (χ0v) is 15.1. The molecular formula is C18H23FN2O6. The van der Waals surface area contributed by atoms with Gasteiger partial charge in [0, 0.05) is 0 Å². The van der Waals surface area contributed by atoms with E-state index in [2.05, 4.69) is 10.6 Å². The van der Waals surface area contributed by atoms with E-state index in [4.69, 9.17) is 9.84 Å². The van der Waals surface area contributed by atoms with Crippen LogP contribution in [-0.4, -0.2) is 47.6 Å². The number of aliphatic carboxylic acids is 1. The Morgan fingerprint density at radius 2 is 1.74 bits per heavy atom. The van der Waals surface area contributed by atoms with Gasteiger partial charge in [0.15, 0.2) is 5.78 Å². The maximum Gasteiger partial charge on any atom is 0.408 e. The lowest BCUT2D eigenvalue weighted by Gasteiger charge is -2.24. The first kappa shape index (κ1) is 22.1. The van der Waals surface area contributed by atoms with Gasteiger partial charge < -0.3 is 20.5 Å². The number of ketones is 1. The number of halogens is 1. The van der Waals surface area contributed by atoms with Crippen molar-refractivity contribution in [3.05, 3.63) is 35.9 Å². The summed E-state index contributed by atoms with van der Waals surface area (Å²) in [4.78, 5) is 46.6. The molecule has 8 nitrogen and oxygen atoms in total. The summed E-state index contributed by atoms with van der Waals surface area (Å²) in [5.74, 6) is -3.60. The van der Waals surface area contributed by atoms with Gasteiger partial charge in [-0.2, -0.15) is 0 Å². The van der Waals surface area contributed by atoms with E-state index in [-0.39, 0.29) is 12.5 Å². The Balaban J connectivity index is 2.69. The second kappa shape index (κ2) is 10.9. The minimum absolute atomic E-state index is 0.00108. The fraction of sp³-hybridized carbons (Fsp3) is 0.444. The van der Waals surface area contributed by atoms with Crippen molar-refractivity contribution in [2.24, 2.45) is 5.92 Å². The second-order valence-electron chi connectivity index (χ2n) is 6.19. The van der Waals surface area contributed by atoms with E-state index in [0.29, 0.717) is 0 Å². The number of carboxylic acids is 1. The first-order valence-corrected chi connectivity index (χ1v) is 8.32. The highest BCUT2D eigenvalue weighted by atomic mass is 19.1. The Morgan fingerprint density at radius 1 is 1.11 bits per heavy atom. The number of benzene rings is 1. The van der Waals surface area contributed by atoms with E-state index >= 15 is 0 Å². The maximum atomic E-state index is 12.6. The van der Waals surface area contributed by atoms with Crippen molar-refractivity contribution in [1.29, 1.82) is 0 Å². The van der Waals surface area contributed by atoms with Crippen LogP contribution in [0.1, 0.15) is 25.8 Å². The Labute approximate surface area is 156 Å². The van der Waals surface area contributed by atoms with Crippen LogP contribution in [0.5, 0.6) is 0 Å². The third-order valence-electron chi connectivity index (χ3n) is 3.65. The van der Waals surface area contributed by atoms with Crippen molar-refractivity contribution in [1.82, 2.24) is 10.6 Å². The molecule has 9 heteroatoms. The summed E-state index contributed by atoms with van der Waals surface area (Å²) in [6.45, 7) is 1.88. The van der Waals surface area contributed by atoms with Gasteiger partial charge in [0.25, 0.3) is 0 Å². The van der Waals surface area contributed by atoms with Gasteiger partial charge in [-0.1, -0.05) is 44.2 Å². The summed E-state index contributed by atoms with van der Waals surface area (Å²) in [6.07, 6.45) is -1.60. The van der Waals surface area contributed by atoms with Crippen molar-refractivity contribution in [3.63, 3.8) is 0 Å². The summed E-state index contributed by atoms with van der Waals surface area (Å²) in [5.41, 5.74) is 0.758. The summed E-state index contributed by atoms with van der Waals surface area (Å²) in [7, 11) is 0. The Bertz CT molecular complexity index is 665. The van der Waals surface area contributed by atoms with Gasteiger partial charge in [0.05, 0.1) is 6.42 Å². The van der Waals surface area contributed by atoms with Gasteiger partial charge in [-0.3, -0.25) is 14.4 Å². The Kier molecular flexibility index (Phi) is 8.91. The Hall–Kier alpha value is -2.97. The molecule has 3 N–H and O–H groups in total. The number of Topliss-reactive ketones (excluding diaryl/α,β-unsaturated/α-hetero) is 1. The van der Waals surface area contributed by atoms with Crippen molar-refractivity contribution in [2.45, 2.75) is 39.0 Å². The van der Waals surface area contributed by atoms with Crippen LogP contribution in [0.15, 0.2) is 30.3 Å². The molecule has 0 bridgehead atoms. The van der Waals surface area contributed by atoms with Crippen LogP contribution in [0.4, 0.5) is 9.18 Å². The summed E-state index contributed by atoms with van der Waals surface area (Å²) in [5, 5.41) is 13.4. The first-order valence-electron chi connectivity index (χ1n) is 8.32. The van der Waals surface area contributed by atoms with E-state index in [1.165, 1.54) is 0 Å². The maximum absolute atomic E-state index is 12.6. The Morgan fingerprint density at radius 3 is 2.26 bits per heavy atom. The van der Waals surface area contributed by atoms with Gasteiger partial charge in [-0.25, -0.2) is 9.18 Å². The minimum atomic E-state index is -1.51. The highest BCUT2D eigenvalue weighted by Gasteiger charge is 2.30. The lowest BCUT2D eigenvalue weighted by atomic mass is 10.0. The van der Waals surface area contributed by atoms with Crippen molar-refractivity contribution < 1.29 is 33.4 Å². The van der Waals surface area contributed by atoms with Gasteiger partial charge in [-0.05, 0) is 11.5 Å². The third-order valence-corrected chi connectivity index (χ3v) is 3.65. The SMILES string of the molecule is CC(C)[C@@H](NC(=O)OCc1ccccc1)C(=O)N[C@H](CC(=O)O)C(=O)CF. The lowest BCUT2D eigenvalue weighted by Crippen LogP contribution is -2.54. The van der Waals surface area contributed by atoms with Gasteiger partial charge in [-0.15, -0.1) is 0 Å². The molecule has 0 aromatic heterocycles. The number of nitrogens with one attached hydrogen (secondary N) is 2. The van der Waals surface area contributed by atoms with Gasteiger partial charge in [0.2, 0.25) is 5.91 Å². The standard InChI is InChI=1S/C18H23FN2O6/c1-11(2)16(17(25)20-13(8-15(23)24)14(22)9-19)21-18(26)27-10-12-6-4-3-5-7-12/h3-7,11,13,16H,8-10H2,1-2H3,(H,20,25)(H,21,26)(H,23,24)/t13-,16-/m1/s1. The van der Waals surface area contributed by atoms with Crippen LogP contribution >= 0.6 is 0 Å². The molecule has 0 unspecified atom stereocenters. The van der Waals surface area contributed by atoms with Crippen LogP contribution in [0, 0.1) is 5.92 Å². The fourth-order valence-corrected chi connectivity index (χ4v) is 2.20. The minimum Gasteiger partial charge on any atom is -0.481 e. The molecule has 0 saturated heterocycles. The van der Waals surface area contributed by atoms with Crippen LogP contribution in [-0.2, 0) is 25.7 Å². The number of hydrogen-bond acceptors (Lipinski definition) is 5. The number of carbonyl (C=O) groups is 4. The molecule has 1 aromatic rings. The van der Waals surface area contributed by atoms with E-state index in [1.54, 1.807) is 38.1 Å². The smallest absolute Gasteiger partial charge is 0.408 e. The number of rotatable bonds is 10. The molecule has 0 spiro atoms. The highest BCUT2D eigenvalue weighted by molar-refractivity contribution is 5.94. The van der Waals surface area contributed by atoms with Crippen LogP contribution in [0.2, 0.25) is 0 Å². The molecule has 2 amide bonds. The molecule has 1 aromatic carbocycles. The first-order chi connectivity index (χ1) is 12.7. The van der Waals surface area contributed by atoms with Crippen molar-refractivity contribution in [3.8, 4) is 0 Å². The van der Waals surface area contributed by atoms with E-state index < -0.39 is 48.9 Å². The van der Waals surface area contributed by atoms with Crippen LogP contribution in [0.3, 0.4) is 0 Å². The molecule has 148 valence electrons. The van der Waals surface area contributed by atoms with Gasteiger partial charge >= 0.3 is 12.1 Å². The van der Waals surface area contributed by atoms with E-state index in [1.807, 2.05) is 6.07 Å². The summed E-state index contributed by atoms with van der Waals surface area (Å²) in [6, 6.07) is 6.31. The molecule has 0 saturated carbocycles. The predicted octanol–water partition coefficient (Wildman–Crippen LogP) is 1.44. The number of hydrogen-bond donors (Lipinski definition) is 3. The molecule has 0 radical (unpaired) electrons. The van der Waals surface area contributed by atoms with E-state index in [0.717, 1.165) is 5.56 Å². The number of ether oxygens (including phenoxy) is 1. The zero-order chi connectivity index (χ0) is 20.4. The predicted molar refractivity (Wildman–Crippen MR) is 93.6 cm³/mol. The van der Waals surface area contributed by atoms with Crippen LogP contribution < -0.4 is 10.6 Å². The quantitative estimate of drug-likeness (QED) is 0.563. The van der Waals surface area contributed by atoms with Crippen molar-refractivity contribution >= 4 is 23.8 Å². The van der Waals surface area contributed by atoms with Gasteiger partial charge in [0.1, 0.15) is 25.4 Å². The number of alkyl carbamates (subject to hydrolysis) is 1. The fourth-order valence-electron chi connectivity index (χ4n) is 2.20. The molecule has 0 fully saturated rings. The number of carbonyl (C=O) groups excluding carboxylic acids is 3. The number of alkyl halides is 1. The molecule has 0 heterocycles. The van der Waals surface area contributed by atoms with E-state index in [9.17, 15) is 23.6 Å². The molecule has 0 aliphatic heterocycles. The van der Waals surface area contributed by atoms with Crippen molar-refractivity contribution in [2.75, 3.05) is 6.67 Å². The lowest BCUT2D eigenvalue weighted by molar-refractivity contribution is -0.140. The molecule has 1 rings (SSSR count). The molecule has 0 aliphatic carbocycles. The average Bonchev–Trinajstić information content (AvgIpc) is 2.63. The molecule has 0 aliphatic rings. The largest absolute Gasteiger partial charge is 0.481 e. The normalized spacial score (nSPS) is 12.7. The number of amides is 2. The average molecular weight is 382 g/mol. The number of carboxylic acid groups (broad SMARTS) is 1. The third kappa shape index (κ3) is 7.85. The molecule has 27 heavy (non-hydrogen) atoms. The monoisotopic (exact) mass is 382 g/mol. The summed E-state index contributed by atoms with van der Waals surface area (Å²) < 4.78 is 17.6. The highest BCUT2D eigenvalue weighted by Crippen LogP contribution is 2.06. The summed E-state index contributed by atoms with van der Waals surface area (Å²) >= 11 is 0.